The number of amides is 2. The van der Waals surface area contributed by atoms with Crippen LogP contribution in [0.1, 0.15) is 40.0 Å². The van der Waals surface area contributed by atoms with Crippen LogP contribution in [-0.2, 0) is 24.2 Å². The lowest BCUT2D eigenvalue weighted by Crippen LogP contribution is -2.36. The molecule has 2 heterocycles. The van der Waals surface area contributed by atoms with Crippen LogP contribution in [0.5, 0.6) is 0 Å². The van der Waals surface area contributed by atoms with Gasteiger partial charge >= 0.3 is 0 Å². The maximum absolute atomic E-state index is 13.3. The van der Waals surface area contributed by atoms with Crippen molar-refractivity contribution in [3.05, 3.63) is 95.1 Å². The van der Waals surface area contributed by atoms with Crippen molar-refractivity contribution in [3.8, 4) is 0 Å². The predicted octanol–water partition coefficient (Wildman–Crippen LogP) is 4.06. The summed E-state index contributed by atoms with van der Waals surface area (Å²) in [6.45, 7) is 0.837. The first-order valence-corrected chi connectivity index (χ1v) is 10.5. The molecule has 2 aromatic carbocycles. The number of halogens is 1. The number of aryl methyl sites for hydroxylation is 2. The first-order valence-electron chi connectivity index (χ1n) is 10.5. The van der Waals surface area contributed by atoms with Crippen LogP contribution < -0.4 is 10.2 Å². The number of hydrogen-bond acceptors (Lipinski definition) is 3. The van der Waals surface area contributed by atoms with Crippen molar-refractivity contribution in [1.82, 2.24) is 10.3 Å². The molecule has 1 N–H and O–H groups in total. The lowest BCUT2D eigenvalue weighted by Gasteiger charge is -2.29. The molecule has 5 nitrogen and oxygen atoms in total. The van der Waals surface area contributed by atoms with Crippen molar-refractivity contribution in [1.29, 1.82) is 0 Å². The highest BCUT2D eigenvalue weighted by molar-refractivity contribution is 5.98. The fourth-order valence-electron chi connectivity index (χ4n) is 3.78. The molecule has 2 amide bonds. The predicted molar refractivity (Wildman–Crippen MR) is 117 cm³/mol. The Hall–Kier alpha value is -3.54. The zero-order valence-corrected chi connectivity index (χ0v) is 17.2. The monoisotopic (exact) mass is 417 g/mol. The number of aromatic nitrogens is 1. The lowest BCUT2D eigenvalue weighted by molar-refractivity contribution is -0.118. The largest absolute Gasteiger partial charge is 0.348 e. The first-order chi connectivity index (χ1) is 15.1. The minimum atomic E-state index is -0.341. The van der Waals surface area contributed by atoms with Crippen LogP contribution in [0.3, 0.4) is 0 Å². The quantitative estimate of drug-likeness (QED) is 0.658. The van der Waals surface area contributed by atoms with Crippen molar-refractivity contribution in [2.75, 3.05) is 11.4 Å². The van der Waals surface area contributed by atoms with Gasteiger partial charge in [-0.1, -0.05) is 42.5 Å². The Morgan fingerprint density at radius 1 is 1.03 bits per heavy atom. The summed E-state index contributed by atoms with van der Waals surface area (Å²) in [5.41, 5.74) is 3.73. The van der Waals surface area contributed by atoms with E-state index in [0.717, 1.165) is 24.1 Å². The molecule has 0 bridgehead atoms. The number of nitrogens with one attached hydrogen (secondary N) is 1. The van der Waals surface area contributed by atoms with Gasteiger partial charge in [0.25, 0.3) is 5.91 Å². The van der Waals surface area contributed by atoms with Crippen LogP contribution in [0.2, 0.25) is 0 Å². The summed E-state index contributed by atoms with van der Waals surface area (Å²) in [4.78, 5) is 31.7. The van der Waals surface area contributed by atoms with E-state index in [-0.39, 0.29) is 24.2 Å². The standard InChI is InChI=1S/C25H24FN3O2/c26-21-9-4-8-19(14-21)16-28-25(31)20-15-23-22(27-17-20)10-5-13-29(23)24(30)12-11-18-6-2-1-3-7-18/h1-4,6-9,14-15,17H,5,10-13,16H2,(H,28,31). The van der Waals surface area contributed by atoms with Gasteiger partial charge in [0, 0.05) is 25.7 Å². The number of carbonyl (C=O) groups excluding carboxylic acids is 2. The second-order valence-electron chi connectivity index (χ2n) is 7.64. The number of anilines is 1. The molecule has 0 unspecified atom stereocenters. The summed E-state index contributed by atoms with van der Waals surface area (Å²) >= 11 is 0. The van der Waals surface area contributed by atoms with Gasteiger partial charge in [-0.2, -0.15) is 0 Å². The summed E-state index contributed by atoms with van der Waals surface area (Å²) in [7, 11) is 0. The Morgan fingerprint density at radius 3 is 2.65 bits per heavy atom. The molecule has 0 aliphatic carbocycles. The lowest BCUT2D eigenvalue weighted by atomic mass is 10.0. The highest BCUT2D eigenvalue weighted by Gasteiger charge is 2.24. The van der Waals surface area contributed by atoms with Gasteiger partial charge in [-0.05, 0) is 48.6 Å². The number of pyridine rings is 1. The van der Waals surface area contributed by atoms with E-state index < -0.39 is 0 Å². The average Bonchev–Trinajstić information content (AvgIpc) is 2.81. The van der Waals surface area contributed by atoms with E-state index in [2.05, 4.69) is 10.3 Å². The smallest absolute Gasteiger partial charge is 0.253 e. The Balaban J connectivity index is 1.45. The first kappa shape index (κ1) is 20.7. The Kier molecular flexibility index (Phi) is 6.36. The molecule has 158 valence electrons. The number of rotatable bonds is 6. The molecule has 0 spiro atoms. The van der Waals surface area contributed by atoms with Gasteiger partial charge in [0.2, 0.25) is 5.91 Å². The molecule has 1 aliphatic rings. The van der Waals surface area contributed by atoms with Crippen molar-refractivity contribution in [2.45, 2.75) is 32.2 Å². The molecular weight excluding hydrogens is 393 g/mol. The molecule has 4 rings (SSSR count). The van der Waals surface area contributed by atoms with Crippen molar-refractivity contribution in [2.24, 2.45) is 0 Å². The summed E-state index contributed by atoms with van der Waals surface area (Å²) in [5.74, 6) is -0.613. The zero-order chi connectivity index (χ0) is 21.6. The third kappa shape index (κ3) is 5.15. The second kappa shape index (κ2) is 9.51. The molecule has 3 aromatic rings. The molecule has 0 saturated heterocycles. The maximum atomic E-state index is 13.3. The molecule has 0 fully saturated rings. The van der Waals surface area contributed by atoms with Gasteiger partial charge in [0.05, 0.1) is 16.9 Å². The van der Waals surface area contributed by atoms with Gasteiger partial charge in [-0.15, -0.1) is 0 Å². The minimum Gasteiger partial charge on any atom is -0.348 e. The second-order valence-corrected chi connectivity index (χ2v) is 7.64. The molecule has 6 heteroatoms. The number of benzene rings is 2. The average molecular weight is 417 g/mol. The number of fused-ring (bicyclic) bond motifs is 1. The van der Waals surface area contributed by atoms with E-state index in [0.29, 0.717) is 36.2 Å². The molecule has 1 aromatic heterocycles. The van der Waals surface area contributed by atoms with Gasteiger partial charge in [0.1, 0.15) is 5.82 Å². The van der Waals surface area contributed by atoms with E-state index in [1.165, 1.54) is 18.3 Å². The van der Waals surface area contributed by atoms with Gasteiger partial charge in [0.15, 0.2) is 0 Å². The molecule has 0 atom stereocenters. The molecule has 31 heavy (non-hydrogen) atoms. The molecule has 1 aliphatic heterocycles. The zero-order valence-electron chi connectivity index (χ0n) is 17.2. The number of nitrogens with zero attached hydrogens (tertiary/aromatic N) is 2. The number of carbonyl (C=O) groups is 2. The molecule has 0 radical (unpaired) electrons. The fraction of sp³-hybridized carbons (Fsp3) is 0.240. The van der Waals surface area contributed by atoms with Crippen LogP contribution in [0, 0.1) is 5.82 Å². The van der Waals surface area contributed by atoms with Crippen molar-refractivity contribution in [3.63, 3.8) is 0 Å². The highest BCUT2D eigenvalue weighted by atomic mass is 19.1. The Bertz CT molecular complexity index is 1090. The Morgan fingerprint density at radius 2 is 1.84 bits per heavy atom. The molecular formula is C25H24FN3O2. The van der Waals surface area contributed by atoms with E-state index in [4.69, 9.17) is 0 Å². The third-order valence-electron chi connectivity index (χ3n) is 5.41. The Labute approximate surface area is 180 Å². The molecule has 0 saturated carbocycles. The van der Waals surface area contributed by atoms with Crippen LogP contribution >= 0.6 is 0 Å². The van der Waals surface area contributed by atoms with Crippen LogP contribution in [0.15, 0.2) is 66.9 Å². The van der Waals surface area contributed by atoms with Gasteiger partial charge in [-0.3, -0.25) is 14.6 Å². The fourth-order valence-corrected chi connectivity index (χ4v) is 3.78. The number of hydrogen-bond donors (Lipinski definition) is 1. The van der Waals surface area contributed by atoms with Crippen molar-refractivity contribution >= 4 is 17.5 Å². The topological polar surface area (TPSA) is 62.3 Å². The third-order valence-corrected chi connectivity index (χ3v) is 5.41. The van der Waals surface area contributed by atoms with Crippen molar-refractivity contribution < 1.29 is 14.0 Å². The van der Waals surface area contributed by atoms with Gasteiger partial charge in [-0.25, -0.2) is 4.39 Å². The van der Waals surface area contributed by atoms with Crippen LogP contribution in [0.4, 0.5) is 10.1 Å². The van der Waals surface area contributed by atoms with E-state index in [1.807, 2.05) is 30.3 Å². The van der Waals surface area contributed by atoms with E-state index >= 15 is 0 Å². The van der Waals surface area contributed by atoms with Crippen LogP contribution in [0.25, 0.3) is 0 Å². The minimum absolute atomic E-state index is 0.0314. The van der Waals surface area contributed by atoms with Gasteiger partial charge < -0.3 is 10.2 Å². The van der Waals surface area contributed by atoms with Crippen LogP contribution in [-0.4, -0.2) is 23.3 Å². The maximum Gasteiger partial charge on any atom is 0.253 e. The highest BCUT2D eigenvalue weighted by Crippen LogP contribution is 2.27. The summed E-state index contributed by atoms with van der Waals surface area (Å²) in [5, 5.41) is 2.79. The summed E-state index contributed by atoms with van der Waals surface area (Å²) in [6.07, 6.45) is 4.25. The van der Waals surface area contributed by atoms with E-state index in [9.17, 15) is 14.0 Å². The SMILES string of the molecule is O=C(NCc1cccc(F)c1)c1cnc2c(c1)N(C(=O)CCc1ccccc1)CCC2. The summed E-state index contributed by atoms with van der Waals surface area (Å²) < 4.78 is 13.3. The van der Waals surface area contributed by atoms with E-state index in [1.54, 1.807) is 23.1 Å². The normalized spacial score (nSPS) is 12.9. The summed E-state index contributed by atoms with van der Waals surface area (Å²) in [6, 6.07) is 17.8.